The summed E-state index contributed by atoms with van der Waals surface area (Å²) >= 11 is 0. The van der Waals surface area contributed by atoms with Gasteiger partial charge in [0.1, 0.15) is 0 Å². The minimum absolute atomic E-state index is 0.0645. The smallest absolute Gasteiger partial charge is 0.349 e. The molecule has 2 amide bonds. The number of nitrogens with zero attached hydrogens (tertiary/aromatic N) is 1. The van der Waals surface area contributed by atoms with Crippen LogP contribution in [0.5, 0.6) is 0 Å². The molecule has 2 aromatic carbocycles. The Labute approximate surface area is 161 Å². The van der Waals surface area contributed by atoms with Crippen LogP contribution in [0.25, 0.3) is 0 Å². The molecule has 0 unspecified atom stereocenters. The maximum atomic E-state index is 13.1. The molecule has 1 heterocycles. The summed E-state index contributed by atoms with van der Waals surface area (Å²) in [6, 6.07) is 11.8. The van der Waals surface area contributed by atoms with E-state index in [1.54, 1.807) is 11.0 Å². The monoisotopic (exact) mass is 390 g/mol. The molecule has 4 nitrogen and oxygen atoms in total. The second-order valence-corrected chi connectivity index (χ2v) is 6.90. The van der Waals surface area contributed by atoms with Crippen LogP contribution < -0.4 is 5.32 Å². The number of carbonyl (C=O) groups is 2. The summed E-state index contributed by atoms with van der Waals surface area (Å²) in [6.45, 7) is 2.76. The Kier molecular flexibility index (Phi) is 5.72. The Morgan fingerprint density at radius 1 is 0.964 bits per heavy atom. The van der Waals surface area contributed by atoms with Crippen LogP contribution in [0.2, 0.25) is 0 Å². The fourth-order valence-corrected chi connectivity index (χ4v) is 3.40. The Morgan fingerprint density at radius 2 is 1.54 bits per heavy atom. The zero-order chi connectivity index (χ0) is 20.3. The first-order valence-corrected chi connectivity index (χ1v) is 9.09. The van der Waals surface area contributed by atoms with E-state index in [0.29, 0.717) is 31.5 Å². The van der Waals surface area contributed by atoms with E-state index in [1.165, 1.54) is 18.2 Å². The molecule has 148 valence electrons. The molecule has 0 spiro atoms. The minimum atomic E-state index is -4.59. The first kappa shape index (κ1) is 19.9. The van der Waals surface area contributed by atoms with Crippen LogP contribution in [0.1, 0.15) is 44.7 Å². The van der Waals surface area contributed by atoms with Crippen LogP contribution in [-0.2, 0) is 6.18 Å². The van der Waals surface area contributed by atoms with E-state index < -0.39 is 17.6 Å². The summed E-state index contributed by atoms with van der Waals surface area (Å²) < 4.78 is 39.3. The van der Waals surface area contributed by atoms with Crippen molar-refractivity contribution in [3.63, 3.8) is 0 Å². The van der Waals surface area contributed by atoms with Crippen molar-refractivity contribution in [2.24, 2.45) is 0 Å². The quantitative estimate of drug-likeness (QED) is 0.860. The van der Waals surface area contributed by atoms with Gasteiger partial charge >= 0.3 is 6.18 Å². The Morgan fingerprint density at radius 3 is 2.14 bits per heavy atom. The van der Waals surface area contributed by atoms with Crippen LogP contribution in [0.15, 0.2) is 48.5 Å². The van der Waals surface area contributed by atoms with E-state index in [1.807, 2.05) is 25.1 Å². The lowest BCUT2D eigenvalue weighted by Gasteiger charge is -2.33. The zero-order valence-corrected chi connectivity index (χ0v) is 15.4. The van der Waals surface area contributed by atoms with Gasteiger partial charge in [-0.1, -0.05) is 30.3 Å². The number of piperidine rings is 1. The topological polar surface area (TPSA) is 49.4 Å². The molecule has 7 heteroatoms. The molecule has 28 heavy (non-hydrogen) atoms. The number of hydrogen-bond donors (Lipinski definition) is 1. The highest BCUT2D eigenvalue weighted by molar-refractivity contribution is 5.96. The van der Waals surface area contributed by atoms with E-state index in [-0.39, 0.29) is 17.5 Å². The third kappa shape index (κ3) is 4.35. The maximum absolute atomic E-state index is 13.1. The average molecular weight is 390 g/mol. The minimum Gasteiger partial charge on any atom is -0.349 e. The van der Waals surface area contributed by atoms with Gasteiger partial charge in [0, 0.05) is 24.7 Å². The molecule has 1 N–H and O–H groups in total. The first-order chi connectivity index (χ1) is 13.3. The van der Waals surface area contributed by atoms with Gasteiger partial charge in [-0.2, -0.15) is 13.2 Å². The summed E-state index contributed by atoms with van der Waals surface area (Å²) in [7, 11) is 0. The van der Waals surface area contributed by atoms with Gasteiger partial charge in [0.15, 0.2) is 0 Å². The van der Waals surface area contributed by atoms with Crippen molar-refractivity contribution in [3.8, 4) is 0 Å². The number of nitrogens with one attached hydrogen (secondary N) is 1. The lowest BCUT2D eigenvalue weighted by atomic mass is 10.0. The van der Waals surface area contributed by atoms with Gasteiger partial charge in [-0.05, 0) is 43.5 Å². The predicted octanol–water partition coefficient (Wildman–Crippen LogP) is 4.05. The normalized spacial score (nSPS) is 15.4. The third-order valence-corrected chi connectivity index (χ3v) is 4.97. The SMILES string of the molecule is Cc1ccccc1C(=O)N1CCC(NC(=O)c2ccccc2C(F)(F)F)CC1. The molecule has 1 fully saturated rings. The maximum Gasteiger partial charge on any atom is 0.417 e. The number of likely N-dealkylation sites (tertiary alicyclic amines) is 1. The highest BCUT2D eigenvalue weighted by Gasteiger charge is 2.35. The van der Waals surface area contributed by atoms with E-state index in [4.69, 9.17) is 0 Å². The molecule has 1 saturated heterocycles. The van der Waals surface area contributed by atoms with Gasteiger partial charge in [0.2, 0.25) is 0 Å². The molecule has 0 atom stereocenters. The molecule has 3 rings (SSSR count). The van der Waals surface area contributed by atoms with Crippen LogP contribution in [-0.4, -0.2) is 35.8 Å². The van der Waals surface area contributed by atoms with Gasteiger partial charge in [0.25, 0.3) is 11.8 Å². The fourth-order valence-electron chi connectivity index (χ4n) is 3.40. The molecule has 0 radical (unpaired) electrons. The Bertz CT molecular complexity index is 872. The summed E-state index contributed by atoms with van der Waals surface area (Å²) in [5, 5.41) is 2.68. The highest BCUT2D eigenvalue weighted by Crippen LogP contribution is 2.32. The second-order valence-electron chi connectivity index (χ2n) is 6.90. The lowest BCUT2D eigenvalue weighted by molar-refractivity contribution is -0.137. The van der Waals surface area contributed by atoms with E-state index >= 15 is 0 Å². The van der Waals surface area contributed by atoms with Crippen molar-refractivity contribution in [2.45, 2.75) is 32.0 Å². The van der Waals surface area contributed by atoms with E-state index in [0.717, 1.165) is 11.6 Å². The standard InChI is InChI=1S/C21H21F3N2O2/c1-14-6-2-3-7-16(14)20(28)26-12-10-15(11-13-26)25-19(27)17-8-4-5-9-18(17)21(22,23)24/h2-9,15H,10-13H2,1H3,(H,25,27). The zero-order valence-electron chi connectivity index (χ0n) is 15.4. The van der Waals surface area contributed by atoms with Crippen molar-refractivity contribution >= 4 is 11.8 Å². The molecule has 0 aromatic heterocycles. The second kappa shape index (κ2) is 8.04. The number of carbonyl (C=O) groups excluding carboxylic acids is 2. The van der Waals surface area contributed by atoms with Crippen molar-refractivity contribution in [2.75, 3.05) is 13.1 Å². The summed E-state index contributed by atoms with van der Waals surface area (Å²) in [5.41, 5.74) is 0.212. The lowest BCUT2D eigenvalue weighted by Crippen LogP contribution is -2.46. The highest BCUT2D eigenvalue weighted by atomic mass is 19.4. The molecule has 1 aliphatic heterocycles. The van der Waals surface area contributed by atoms with Gasteiger partial charge in [0.05, 0.1) is 11.1 Å². The number of aryl methyl sites for hydroxylation is 1. The number of rotatable bonds is 3. The van der Waals surface area contributed by atoms with Gasteiger partial charge in [-0.25, -0.2) is 0 Å². The predicted molar refractivity (Wildman–Crippen MR) is 99.0 cm³/mol. The van der Waals surface area contributed by atoms with Gasteiger partial charge in [-0.3, -0.25) is 9.59 Å². The summed E-state index contributed by atoms with van der Waals surface area (Å²) in [6.07, 6.45) is -3.59. The number of hydrogen-bond acceptors (Lipinski definition) is 2. The Balaban J connectivity index is 1.62. The molecular weight excluding hydrogens is 369 g/mol. The number of amides is 2. The number of benzene rings is 2. The van der Waals surface area contributed by atoms with Crippen LogP contribution in [0, 0.1) is 6.92 Å². The van der Waals surface area contributed by atoms with E-state index in [2.05, 4.69) is 5.32 Å². The number of halogens is 3. The average Bonchev–Trinajstić information content (AvgIpc) is 2.68. The molecule has 0 bridgehead atoms. The van der Waals surface area contributed by atoms with Crippen molar-refractivity contribution in [1.82, 2.24) is 10.2 Å². The van der Waals surface area contributed by atoms with Crippen LogP contribution >= 0.6 is 0 Å². The first-order valence-electron chi connectivity index (χ1n) is 9.09. The van der Waals surface area contributed by atoms with Gasteiger partial charge < -0.3 is 10.2 Å². The molecule has 1 aliphatic rings. The molecule has 0 saturated carbocycles. The van der Waals surface area contributed by atoms with Crippen molar-refractivity contribution < 1.29 is 22.8 Å². The van der Waals surface area contributed by atoms with Crippen molar-refractivity contribution in [3.05, 3.63) is 70.8 Å². The van der Waals surface area contributed by atoms with Crippen molar-refractivity contribution in [1.29, 1.82) is 0 Å². The largest absolute Gasteiger partial charge is 0.417 e. The van der Waals surface area contributed by atoms with E-state index in [9.17, 15) is 22.8 Å². The fraction of sp³-hybridized carbons (Fsp3) is 0.333. The van der Waals surface area contributed by atoms with Crippen LogP contribution in [0.4, 0.5) is 13.2 Å². The van der Waals surface area contributed by atoms with Crippen LogP contribution in [0.3, 0.4) is 0 Å². The molecule has 2 aromatic rings. The third-order valence-electron chi connectivity index (χ3n) is 4.97. The molecule has 0 aliphatic carbocycles. The van der Waals surface area contributed by atoms with Gasteiger partial charge in [-0.15, -0.1) is 0 Å². The number of alkyl halides is 3. The summed E-state index contributed by atoms with van der Waals surface area (Å²) in [5.74, 6) is -0.804. The Hall–Kier alpha value is -2.83. The molecular formula is C21H21F3N2O2. The summed E-state index contributed by atoms with van der Waals surface area (Å²) in [4.78, 5) is 26.7.